The Labute approximate surface area is 189 Å². The van der Waals surface area contributed by atoms with Gasteiger partial charge in [-0.15, -0.1) is 0 Å². The van der Waals surface area contributed by atoms with Gasteiger partial charge >= 0.3 is 0 Å². The van der Waals surface area contributed by atoms with Crippen molar-refractivity contribution in [2.24, 2.45) is 5.92 Å². The summed E-state index contributed by atoms with van der Waals surface area (Å²) in [5, 5.41) is 14.0. The van der Waals surface area contributed by atoms with E-state index in [2.05, 4.69) is 5.32 Å². The molecule has 1 saturated heterocycles. The molecule has 2 amide bonds. The van der Waals surface area contributed by atoms with Crippen molar-refractivity contribution in [3.05, 3.63) is 65.7 Å². The number of amides is 2. The zero-order valence-corrected chi connectivity index (χ0v) is 18.4. The van der Waals surface area contributed by atoms with Crippen LogP contribution in [-0.4, -0.2) is 47.6 Å². The van der Waals surface area contributed by atoms with Gasteiger partial charge in [0, 0.05) is 12.2 Å². The number of nitrogens with zero attached hydrogens (tertiary/aromatic N) is 1. The maximum Gasteiger partial charge on any atom is 0.249 e. The summed E-state index contributed by atoms with van der Waals surface area (Å²) in [5.74, 6) is 0.368. The summed E-state index contributed by atoms with van der Waals surface area (Å²) in [4.78, 5) is 26.7. The summed E-state index contributed by atoms with van der Waals surface area (Å²) in [6, 6.07) is 16.4. The van der Waals surface area contributed by atoms with Crippen molar-refractivity contribution >= 4 is 17.5 Å². The molecule has 1 aliphatic heterocycles. The van der Waals surface area contributed by atoms with Crippen molar-refractivity contribution < 1.29 is 19.4 Å². The highest BCUT2D eigenvalue weighted by atomic mass is 16.5. The topological polar surface area (TPSA) is 78.9 Å². The predicted octanol–water partition coefficient (Wildman–Crippen LogP) is 3.71. The Morgan fingerprint density at radius 1 is 1.06 bits per heavy atom. The van der Waals surface area contributed by atoms with E-state index in [1.807, 2.05) is 35.2 Å². The first-order chi connectivity index (χ1) is 15.6. The molecule has 2 atom stereocenters. The lowest BCUT2D eigenvalue weighted by Gasteiger charge is -2.40. The van der Waals surface area contributed by atoms with Crippen LogP contribution in [0.4, 0.5) is 5.69 Å². The third-order valence-corrected chi connectivity index (χ3v) is 6.52. The van der Waals surface area contributed by atoms with Crippen LogP contribution in [0.15, 0.2) is 54.6 Å². The van der Waals surface area contributed by atoms with E-state index in [-0.39, 0.29) is 18.4 Å². The van der Waals surface area contributed by atoms with Gasteiger partial charge in [0.05, 0.1) is 19.1 Å². The van der Waals surface area contributed by atoms with Crippen molar-refractivity contribution in [3.63, 3.8) is 0 Å². The number of hydrogen-bond donors (Lipinski definition) is 2. The number of rotatable bonds is 7. The van der Waals surface area contributed by atoms with Gasteiger partial charge < -0.3 is 20.1 Å². The third-order valence-electron chi connectivity index (χ3n) is 6.52. The standard InChI is InChI=1S/C26H32N2O4/c29-24(15-19-7-3-1-4-8-19)27-22-13-11-21(12-14-22)26(31)23-17-32-18-25(30)28(23)16-20-9-5-2-6-10-20/h1,3-4,7-8,11-14,20,23,26,31H,2,5-6,9-10,15-18H2,(H,27,29)/t23-,26-/m1/s1. The van der Waals surface area contributed by atoms with Crippen LogP contribution in [0.1, 0.15) is 49.3 Å². The van der Waals surface area contributed by atoms with Crippen molar-refractivity contribution in [1.29, 1.82) is 0 Å². The van der Waals surface area contributed by atoms with Crippen LogP contribution in [0.5, 0.6) is 0 Å². The van der Waals surface area contributed by atoms with Gasteiger partial charge in [0.2, 0.25) is 11.8 Å². The van der Waals surface area contributed by atoms with E-state index in [0.717, 1.165) is 18.4 Å². The zero-order valence-electron chi connectivity index (χ0n) is 18.4. The van der Waals surface area contributed by atoms with E-state index in [1.54, 1.807) is 24.3 Å². The Morgan fingerprint density at radius 3 is 2.50 bits per heavy atom. The first kappa shape index (κ1) is 22.5. The summed E-state index contributed by atoms with van der Waals surface area (Å²) < 4.78 is 5.48. The van der Waals surface area contributed by atoms with Crippen LogP contribution in [-0.2, 0) is 20.7 Å². The maximum absolute atomic E-state index is 12.6. The van der Waals surface area contributed by atoms with E-state index >= 15 is 0 Å². The highest BCUT2D eigenvalue weighted by Crippen LogP contribution is 2.30. The lowest BCUT2D eigenvalue weighted by molar-refractivity contribution is -0.155. The molecule has 170 valence electrons. The second kappa shape index (κ2) is 10.7. The number of carbonyl (C=O) groups excluding carboxylic acids is 2. The second-order valence-electron chi connectivity index (χ2n) is 8.91. The Hall–Kier alpha value is -2.70. The fourth-order valence-corrected chi connectivity index (χ4v) is 4.74. The summed E-state index contributed by atoms with van der Waals surface area (Å²) in [6.07, 6.45) is 5.46. The molecule has 2 N–H and O–H groups in total. The van der Waals surface area contributed by atoms with Crippen molar-refractivity contribution in [2.45, 2.75) is 50.7 Å². The van der Waals surface area contributed by atoms with Gasteiger partial charge in [-0.05, 0) is 42.0 Å². The lowest BCUT2D eigenvalue weighted by atomic mass is 9.88. The minimum Gasteiger partial charge on any atom is -0.386 e. The first-order valence-electron chi connectivity index (χ1n) is 11.6. The average molecular weight is 437 g/mol. The van der Waals surface area contributed by atoms with E-state index < -0.39 is 12.1 Å². The number of benzene rings is 2. The lowest BCUT2D eigenvalue weighted by Crippen LogP contribution is -2.53. The molecule has 2 fully saturated rings. The molecule has 2 aliphatic rings. The summed E-state index contributed by atoms with van der Waals surface area (Å²) in [5.41, 5.74) is 2.34. The van der Waals surface area contributed by atoms with Crippen LogP contribution >= 0.6 is 0 Å². The number of ether oxygens (including phenoxy) is 1. The van der Waals surface area contributed by atoms with Crippen LogP contribution in [0.25, 0.3) is 0 Å². The van der Waals surface area contributed by atoms with E-state index in [1.165, 1.54) is 19.3 Å². The number of anilines is 1. The number of aliphatic hydroxyl groups excluding tert-OH is 1. The summed E-state index contributed by atoms with van der Waals surface area (Å²) >= 11 is 0. The van der Waals surface area contributed by atoms with Crippen molar-refractivity contribution in [3.8, 4) is 0 Å². The zero-order chi connectivity index (χ0) is 22.3. The summed E-state index contributed by atoms with van der Waals surface area (Å²) in [6.45, 7) is 1.11. The van der Waals surface area contributed by atoms with Gasteiger partial charge in [-0.1, -0.05) is 61.7 Å². The fraction of sp³-hybridized carbons (Fsp3) is 0.462. The SMILES string of the molecule is O=C(Cc1ccccc1)Nc1ccc([C@@H](O)[C@H]2COCC(=O)N2CC2CCCCC2)cc1. The van der Waals surface area contributed by atoms with Crippen molar-refractivity contribution in [2.75, 3.05) is 25.1 Å². The number of morpholine rings is 1. The molecule has 6 nitrogen and oxygen atoms in total. The second-order valence-corrected chi connectivity index (χ2v) is 8.91. The third kappa shape index (κ3) is 5.75. The molecule has 2 aromatic rings. The monoisotopic (exact) mass is 436 g/mol. The Morgan fingerprint density at radius 2 is 1.78 bits per heavy atom. The first-order valence-corrected chi connectivity index (χ1v) is 11.6. The molecule has 0 aromatic heterocycles. The summed E-state index contributed by atoms with van der Waals surface area (Å²) in [7, 11) is 0. The average Bonchev–Trinajstić information content (AvgIpc) is 2.82. The van der Waals surface area contributed by atoms with Crippen molar-refractivity contribution in [1.82, 2.24) is 4.90 Å². The maximum atomic E-state index is 12.6. The highest BCUT2D eigenvalue weighted by molar-refractivity contribution is 5.92. The van der Waals surface area contributed by atoms with Crippen LogP contribution < -0.4 is 5.32 Å². The molecular formula is C26H32N2O4. The Bertz CT molecular complexity index is 894. The molecule has 0 spiro atoms. The van der Waals surface area contributed by atoms with Gasteiger partial charge in [-0.3, -0.25) is 9.59 Å². The smallest absolute Gasteiger partial charge is 0.249 e. The number of hydrogen-bond acceptors (Lipinski definition) is 4. The molecule has 1 aliphatic carbocycles. The molecular weight excluding hydrogens is 404 g/mol. The molecule has 2 aromatic carbocycles. The Kier molecular flexibility index (Phi) is 7.55. The molecule has 32 heavy (non-hydrogen) atoms. The van der Waals surface area contributed by atoms with Crippen LogP contribution in [0.2, 0.25) is 0 Å². The molecule has 0 radical (unpaired) electrons. The van der Waals surface area contributed by atoms with Crippen LogP contribution in [0, 0.1) is 5.92 Å². The highest BCUT2D eigenvalue weighted by Gasteiger charge is 2.36. The van der Waals surface area contributed by atoms with E-state index in [9.17, 15) is 14.7 Å². The normalized spacial score (nSPS) is 20.7. The Balaban J connectivity index is 1.38. The van der Waals surface area contributed by atoms with Gasteiger partial charge in [0.15, 0.2) is 0 Å². The largest absolute Gasteiger partial charge is 0.386 e. The minimum atomic E-state index is -0.836. The fourth-order valence-electron chi connectivity index (χ4n) is 4.74. The molecule has 1 heterocycles. The predicted molar refractivity (Wildman–Crippen MR) is 123 cm³/mol. The van der Waals surface area contributed by atoms with Crippen LogP contribution in [0.3, 0.4) is 0 Å². The molecule has 0 unspecified atom stereocenters. The number of nitrogens with one attached hydrogen (secondary N) is 1. The molecule has 4 rings (SSSR count). The van der Waals surface area contributed by atoms with Gasteiger partial charge in [0.1, 0.15) is 12.7 Å². The van der Waals surface area contributed by atoms with E-state index in [4.69, 9.17) is 4.74 Å². The molecule has 0 bridgehead atoms. The van der Waals surface area contributed by atoms with E-state index in [0.29, 0.717) is 36.7 Å². The van der Waals surface area contributed by atoms with Gasteiger partial charge in [-0.25, -0.2) is 0 Å². The number of aliphatic hydroxyl groups is 1. The molecule has 1 saturated carbocycles. The van der Waals surface area contributed by atoms with Gasteiger partial charge in [-0.2, -0.15) is 0 Å². The minimum absolute atomic E-state index is 0.0457. The number of carbonyl (C=O) groups is 2. The quantitative estimate of drug-likeness (QED) is 0.694. The molecule has 6 heteroatoms. The van der Waals surface area contributed by atoms with Gasteiger partial charge in [0.25, 0.3) is 0 Å².